The molecule has 6 N–H and O–H groups in total. The summed E-state index contributed by atoms with van der Waals surface area (Å²) in [7, 11) is 0. The summed E-state index contributed by atoms with van der Waals surface area (Å²) < 4.78 is 11.3. The highest BCUT2D eigenvalue weighted by molar-refractivity contribution is 5.76. The standard InChI is InChI=1S/C64H121NO8/c1-3-5-7-9-11-13-15-17-19-21-22-23-24-25-26-27-28-29-30-31-32-33-34-35-36-38-40-42-44-46-48-50-52-54-60(68)65-57(56-72-64-63(71)62(70)61(69)59(55-66)73-64)58(67)53-51-49-47-45-43-41-39-37-20-18-16-14-12-10-8-6-4-2/h15,17,21-22,24-25,57-59,61-64,66-67,69-71H,3-14,16,18-20,23,26-56H2,1-2H3,(H,65,68)/b17-15-,22-21-,25-24-. The van der Waals surface area contributed by atoms with Crippen molar-refractivity contribution in [2.75, 3.05) is 13.2 Å². The largest absolute Gasteiger partial charge is 0.394 e. The van der Waals surface area contributed by atoms with Crippen LogP contribution >= 0.6 is 0 Å². The highest BCUT2D eigenvalue weighted by Gasteiger charge is 2.44. The normalized spacial score (nSPS) is 19.2. The van der Waals surface area contributed by atoms with Crippen LogP contribution < -0.4 is 5.32 Å². The first-order chi connectivity index (χ1) is 35.8. The molecule has 0 aromatic carbocycles. The Bertz CT molecular complexity index is 1240. The van der Waals surface area contributed by atoms with E-state index < -0.39 is 49.5 Å². The van der Waals surface area contributed by atoms with Crippen molar-refractivity contribution in [3.63, 3.8) is 0 Å². The summed E-state index contributed by atoms with van der Waals surface area (Å²) in [6.45, 7) is 3.86. The number of hydrogen-bond donors (Lipinski definition) is 6. The van der Waals surface area contributed by atoms with Gasteiger partial charge in [0, 0.05) is 6.42 Å². The zero-order valence-electron chi connectivity index (χ0n) is 47.9. The molecule has 0 radical (unpaired) electrons. The van der Waals surface area contributed by atoms with Gasteiger partial charge >= 0.3 is 0 Å². The lowest BCUT2D eigenvalue weighted by atomic mass is 9.99. The molecular formula is C64H121NO8. The van der Waals surface area contributed by atoms with Crippen molar-refractivity contribution in [3.05, 3.63) is 36.5 Å². The number of ether oxygens (including phenoxy) is 2. The predicted octanol–water partition coefficient (Wildman–Crippen LogP) is 16.3. The maximum atomic E-state index is 13.1. The molecule has 1 fully saturated rings. The molecule has 1 aliphatic rings. The molecule has 0 aliphatic carbocycles. The van der Waals surface area contributed by atoms with Crippen LogP contribution in [0.3, 0.4) is 0 Å². The summed E-state index contributed by atoms with van der Waals surface area (Å²) in [5.74, 6) is -0.139. The van der Waals surface area contributed by atoms with E-state index in [-0.39, 0.29) is 12.5 Å². The zero-order chi connectivity index (χ0) is 52.9. The molecule has 0 bridgehead atoms. The van der Waals surface area contributed by atoms with E-state index in [0.717, 1.165) is 51.4 Å². The Labute approximate surface area is 451 Å². The van der Waals surface area contributed by atoms with E-state index in [4.69, 9.17) is 9.47 Å². The van der Waals surface area contributed by atoms with Gasteiger partial charge in [0.15, 0.2) is 6.29 Å². The van der Waals surface area contributed by atoms with Gasteiger partial charge in [-0.05, 0) is 51.4 Å². The van der Waals surface area contributed by atoms with Crippen molar-refractivity contribution in [1.29, 1.82) is 0 Å². The van der Waals surface area contributed by atoms with Crippen molar-refractivity contribution in [2.24, 2.45) is 0 Å². The number of nitrogens with one attached hydrogen (secondary N) is 1. The second kappa shape index (κ2) is 53.8. The Kier molecular flexibility index (Phi) is 51.2. The Morgan fingerprint density at radius 2 is 0.808 bits per heavy atom. The zero-order valence-corrected chi connectivity index (χ0v) is 47.9. The molecule has 1 amide bonds. The van der Waals surface area contributed by atoms with Crippen LogP contribution in [-0.4, -0.2) is 87.5 Å². The van der Waals surface area contributed by atoms with Crippen molar-refractivity contribution < 1.29 is 39.8 Å². The number of aliphatic hydroxyl groups excluding tert-OH is 5. The van der Waals surface area contributed by atoms with Crippen molar-refractivity contribution in [2.45, 2.75) is 352 Å². The predicted molar refractivity (Wildman–Crippen MR) is 309 cm³/mol. The molecule has 0 aromatic heterocycles. The number of allylic oxidation sites excluding steroid dienone is 6. The molecule has 73 heavy (non-hydrogen) atoms. The van der Waals surface area contributed by atoms with E-state index in [1.807, 2.05) is 0 Å². The highest BCUT2D eigenvalue weighted by Crippen LogP contribution is 2.23. The molecule has 1 heterocycles. The second-order valence-corrected chi connectivity index (χ2v) is 22.2. The number of rotatable bonds is 55. The van der Waals surface area contributed by atoms with Gasteiger partial charge in [-0.1, -0.05) is 288 Å². The highest BCUT2D eigenvalue weighted by atomic mass is 16.7. The van der Waals surface area contributed by atoms with Crippen molar-refractivity contribution in [1.82, 2.24) is 5.32 Å². The molecule has 0 aromatic rings. The average molecular weight is 1030 g/mol. The minimum atomic E-state index is -1.55. The molecule has 0 saturated carbocycles. The lowest BCUT2D eigenvalue weighted by molar-refractivity contribution is -0.302. The van der Waals surface area contributed by atoms with Gasteiger partial charge in [-0.2, -0.15) is 0 Å². The number of amides is 1. The fourth-order valence-electron chi connectivity index (χ4n) is 10.2. The van der Waals surface area contributed by atoms with E-state index in [9.17, 15) is 30.3 Å². The molecular weight excluding hydrogens is 911 g/mol. The van der Waals surface area contributed by atoms with Crippen LogP contribution in [0.15, 0.2) is 36.5 Å². The van der Waals surface area contributed by atoms with Crippen LogP contribution in [-0.2, 0) is 14.3 Å². The van der Waals surface area contributed by atoms with Crippen LogP contribution in [0, 0.1) is 0 Å². The maximum absolute atomic E-state index is 13.1. The van der Waals surface area contributed by atoms with Crippen LogP contribution in [0.5, 0.6) is 0 Å². The Morgan fingerprint density at radius 3 is 1.19 bits per heavy atom. The molecule has 7 atom stereocenters. The van der Waals surface area contributed by atoms with Crippen LogP contribution in [0.1, 0.15) is 309 Å². The van der Waals surface area contributed by atoms with Gasteiger partial charge in [-0.25, -0.2) is 0 Å². The Hall–Kier alpha value is -1.59. The monoisotopic (exact) mass is 1030 g/mol. The molecule has 9 nitrogen and oxygen atoms in total. The molecule has 1 rings (SSSR count). The first kappa shape index (κ1) is 69.4. The Balaban J connectivity index is 2.11. The van der Waals surface area contributed by atoms with Crippen LogP contribution in [0.25, 0.3) is 0 Å². The summed E-state index contributed by atoms with van der Waals surface area (Å²) >= 11 is 0. The van der Waals surface area contributed by atoms with E-state index >= 15 is 0 Å². The minimum absolute atomic E-state index is 0.135. The van der Waals surface area contributed by atoms with Crippen molar-refractivity contribution in [3.8, 4) is 0 Å². The van der Waals surface area contributed by atoms with Gasteiger partial charge in [-0.3, -0.25) is 4.79 Å². The Morgan fingerprint density at radius 1 is 0.466 bits per heavy atom. The van der Waals surface area contributed by atoms with Gasteiger partial charge < -0.3 is 40.3 Å². The number of carbonyl (C=O) groups excluding carboxylic acids is 1. The maximum Gasteiger partial charge on any atom is 0.220 e. The average Bonchev–Trinajstić information content (AvgIpc) is 3.39. The van der Waals surface area contributed by atoms with E-state index in [1.165, 1.54) is 231 Å². The summed E-state index contributed by atoms with van der Waals surface area (Å²) in [5, 5.41) is 54.7. The van der Waals surface area contributed by atoms with E-state index in [1.54, 1.807) is 0 Å². The molecule has 1 aliphatic heterocycles. The molecule has 0 spiro atoms. The topological polar surface area (TPSA) is 149 Å². The quantitative estimate of drug-likeness (QED) is 0.0261. The number of aliphatic hydroxyl groups is 5. The fourth-order valence-corrected chi connectivity index (χ4v) is 10.2. The summed E-state index contributed by atoms with van der Waals surface area (Å²) in [4.78, 5) is 13.1. The molecule has 1 saturated heterocycles. The number of hydrogen-bond acceptors (Lipinski definition) is 8. The third-order valence-corrected chi connectivity index (χ3v) is 15.2. The summed E-state index contributed by atoms with van der Waals surface area (Å²) in [6.07, 6.45) is 63.3. The third kappa shape index (κ3) is 43.1. The number of carbonyl (C=O) groups is 1. The lowest BCUT2D eigenvalue weighted by Gasteiger charge is -2.40. The van der Waals surface area contributed by atoms with Gasteiger partial charge in [0.25, 0.3) is 0 Å². The molecule has 430 valence electrons. The second-order valence-electron chi connectivity index (χ2n) is 22.2. The van der Waals surface area contributed by atoms with Crippen LogP contribution in [0.4, 0.5) is 0 Å². The van der Waals surface area contributed by atoms with Crippen LogP contribution in [0.2, 0.25) is 0 Å². The molecule has 9 heteroatoms. The fraction of sp³-hybridized carbons (Fsp3) is 0.891. The lowest BCUT2D eigenvalue weighted by Crippen LogP contribution is -2.60. The summed E-state index contributed by atoms with van der Waals surface area (Å²) in [5.41, 5.74) is 0. The SMILES string of the molecule is CCCCCCC/C=C\C/C=C\C/C=C\CCCCCCCCCCCCCCCCCCCCC(=O)NC(COC1OC(CO)C(O)C(O)C1O)C(O)CCCCCCCCCCCCCCCCCCC. The van der Waals surface area contributed by atoms with E-state index in [0.29, 0.717) is 12.8 Å². The van der Waals surface area contributed by atoms with Gasteiger partial charge in [0.1, 0.15) is 24.4 Å². The van der Waals surface area contributed by atoms with Gasteiger partial charge in [-0.15, -0.1) is 0 Å². The van der Waals surface area contributed by atoms with E-state index in [2.05, 4.69) is 55.6 Å². The molecule has 7 unspecified atom stereocenters. The third-order valence-electron chi connectivity index (χ3n) is 15.2. The van der Waals surface area contributed by atoms with Crippen molar-refractivity contribution >= 4 is 5.91 Å². The van der Waals surface area contributed by atoms with Gasteiger partial charge in [0.05, 0.1) is 25.4 Å². The first-order valence-electron chi connectivity index (χ1n) is 31.7. The first-order valence-corrected chi connectivity index (χ1v) is 31.7. The minimum Gasteiger partial charge on any atom is -0.394 e. The van der Waals surface area contributed by atoms with Gasteiger partial charge in [0.2, 0.25) is 5.91 Å². The smallest absolute Gasteiger partial charge is 0.220 e. The number of unbranched alkanes of at least 4 members (excludes halogenated alkanes) is 39. The summed E-state index contributed by atoms with van der Waals surface area (Å²) in [6, 6.07) is -0.718.